The largest absolute Gasteiger partial charge is 0.497 e. The number of carbonyl (C=O) groups excluding carboxylic acids is 1. The van der Waals surface area contributed by atoms with Crippen molar-refractivity contribution >= 4 is 5.97 Å². The summed E-state index contributed by atoms with van der Waals surface area (Å²) in [5, 5.41) is 3.48. The summed E-state index contributed by atoms with van der Waals surface area (Å²) in [6.07, 6.45) is 5.87. The van der Waals surface area contributed by atoms with Gasteiger partial charge in [0.05, 0.1) is 13.0 Å². The van der Waals surface area contributed by atoms with E-state index in [1.54, 1.807) is 18.3 Å². The van der Waals surface area contributed by atoms with E-state index < -0.39 is 0 Å². The molecule has 4 rings (SSSR count). The molecule has 0 amide bonds. The Morgan fingerprint density at radius 2 is 2.07 bits per heavy atom. The molecule has 1 N–H and O–H groups in total. The van der Waals surface area contributed by atoms with E-state index in [2.05, 4.69) is 31.3 Å². The van der Waals surface area contributed by atoms with Gasteiger partial charge in [-0.25, -0.2) is 0 Å². The summed E-state index contributed by atoms with van der Waals surface area (Å²) in [5.41, 5.74) is 4.62. The Kier molecular flexibility index (Phi) is 5.02. The molecule has 4 unspecified atom stereocenters. The van der Waals surface area contributed by atoms with Gasteiger partial charge in [0.25, 0.3) is 0 Å². The van der Waals surface area contributed by atoms with Crippen molar-refractivity contribution in [3.05, 3.63) is 41.0 Å². The van der Waals surface area contributed by atoms with Gasteiger partial charge >= 0.3 is 5.97 Å². The van der Waals surface area contributed by atoms with Gasteiger partial charge in [-0.15, -0.1) is 0 Å². The summed E-state index contributed by atoms with van der Waals surface area (Å²) in [7, 11) is 1.67. The molecule has 4 nitrogen and oxygen atoms in total. The predicted octanol–water partition coefficient (Wildman–Crippen LogP) is 4.24. The second-order valence-electron chi connectivity index (χ2n) is 8.81. The monoisotopic (exact) mass is 369 g/mol. The molecule has 146 valence electrons. The van der Waals surface area contributed by atoms with Crippen LogP contribution >= 0.6 is 0 Å². The summed E-state index contributed by atoms with van der Waals surface area (Å²) in [5.74, 6) is 1.16. The minimum Gasteiger partial charge on any atom is -0.497 e. The number of methoxy groups -OCH3 is 1. The Morgan fingerprint density at radius 3 is 2.81 bits per heavy atom. The van der Waals surface area contributed by atoms with Gasteiger partial charge < -0.3 is 14.8 Å². The van der Waals surface area contributed by atoms with Crippen molar-refractivity contribution in [3.8, 4) is 5.75 Å². The number of carbonyl (C=O) groups is 1. The quantitative estimate of drug-likeness (QED) is 0.623. The third kappa shape index (κ3) is 3.52. The topological polar surface area (TPSA) is 47.6 Å². The van der Waals surface area contributed by atoms with Crippen LogP contribution in [0.4, 0.5) is 0 Å². The average Bonchev–Trinajstić information content (AvgIpc) is 2.95. The summed E-state index contributed by atoms with van der Waals surface area (Å²) in [6, 6.07) is 8.06. The first-order valence-corrected chi connectivity index (χ1v) is 10.2. The minimum absolute atomic E-state index is 0.00673. The van der Waals surface area contributed by atoms with Crippen LogP contribution in [0, 0.1) is 17.3 Å². The molecule has 1 saturated heterocycles. The Morgan fingerprint density at radius 1 is 1.30 bits per heavy atom. The van der Waals surface area contributed by atoms with Gasteiger partial charge in [0.1, 0.15) is 11.9 Å². The fourth-order valence-corrected chi connectivity index (χ4v) is 5.46. The highest BCUT2D eigenvalue weighted by Crippen LogP contribution is 2.54. The number of hydrogen-bond donors (Lipinski definition) is 1. The fraction of sp³-hybridized carbons (Fsp3) is 0.609. The van der Waals surface area contributed by atoms with Gasteiger partial charge in [-0.05, 0) is 62.1 Å². The molecule has 27 heavy (non-hydrogen) atoms. The SMILES string of the molecule is COc1ccc(CNCC2C(=O)OC3CC4(C)CCCC(C)=C4CC32)cc1. The number of ether oxygens (including phenoxy) is 2. The van der Waals surface area contributed by atoms with Crippen molar-refractivity contribution in [2.45, 2.75) is 58.6 Å². The lowest BCUT2D eigenvalue weighted by molar-refractivity contribution is -0.145. The second kappa shape index (κ2) is 7.31. The van der Waals surface area contributed by atoms with Crippen LogP contribution in [0.2, 0.25) is 0 Å². The van der Waals surface area contributed by atoms with Gasteiger partial charge in [-0.1, -0.05) is 30.2 Å². The Balaban J connectivity index is 1.41. The molecule has 4 heteroatoms. The molecule has 0 spiro atoms. The molecule has 2 aliphatic carbocycles. The zero-order valence-corrected chi connectivity index (χ0v) is 16.7. The zero-order valence-electron chi connectivity index (χ0n) is 16.7. The number of rotatable bonds is 5. The highest BCUT2D eigenvalue weighted by Gasteiger charge is 2.52. The Hall–Kier alpha value is -1.81. The first-order valence-electron chi connectivity index (χ1n) is 10.2. The molecule has 1 saturated carbocycles. The van der Waals surface area contributed by atoms with Crippen molar-refractivity contribution in [2.75, 3.05) is 13.7 Å². The summed E-state index contributed by atoms with van der Waals surface area (Å²) < 4.78 is 11.0. The number of allylic oxidation sites excluding steroid dienone is 2. The number of benzene rings is 1. The summed E-state index contributed by atoms with van der Waals surface area (Å²) >= 11 is 0. The maximum absolute atomic E-state index is 12.6. The first kappa shape index (κ1) is 18.5. The number of esters is 1. The van der Waals surface area contributed by atoms with E-state index in [9.17, 15) is 4.79 Å². The van der Waals surface area contributed by atoms with Crippen LogP contribution in [0.15, 0.2) is 35.4 Å². The molecule has 1 heterocycles. The van der Waals surface area contributed by atoms with E-state index in [4.69, 9.17) is 9.47 Å². The van der Waals surface area contributed by atoms with Crippen LogP contribution in [0.3, 0.4) is 0 Å². The van der Waals surface area contributed by atoms with Gasteiger partial charge in [0.2, 0.25) is 0 Å². The molecule has 1 aromatic rings. The van der Waals surface area contributed by atoms with Crippen molar-refractivity contribution in [1.82, 2.24) is 5.32 Å². The Bertz CT molecular complexity index is 738. The van der Waals surface area contributed by atoms with E-state index in [1.807, 2.05) is 12.1 Å². The highest BCUT2D eigenvalue weighted by molar-refractivity contribution is 5.76. The molecule has 1 aromatic carbocycles. The van der Waals surface area contributed by atoms with Crippen LogP contribution in [0.5, 0.6) is 5.75 Å². The van der Waals surface area contributed by atoms with Crippen LogP contribution in [0.25, 0.3) is 0 Å². The summed E-state index contributed by atoms with van der Waals surface area (Å²) in [4.78, 5) is 12.6. The highest BCUT2D eigenvalue weighted by atomic mass is 16.6. The van der Waals surface area contributed by atoms with Gasteiger partial charge in [0, 0.05) is 19.0 Å². The van der Waals surface area contributed by atoms with Crippen molar-refractivity contribution < 1.29 is 14.3 Å². The summed E-state index contributed by atoms with van der Waals surface area (Å²) in [6.45, 7) is 6.12. The van der Waals surface area contributed by atoms with Gasteiger partial charge in [0.15, 0.2) is 0 Å². The smallest absolute Gasteiger partial charge is 0.310 e. The van der Waals surface area contributed by atoms with Crippen LogP contribution in [0.1, 0.15) is 51.5 Å². The van der Waals surface area contributed by atoms with E-state index in [0.29, 0.717) is 12.5 Å². The van der Waals surface area contributed by atoms with Crippen LogP contribution in [-0.2, 0) is 16.1 Å². The molecule has 0 bridgehead atoms. The molecule has 0 aromatic heterocycles. The maximum Gasteiger partial charge on any atom is 0.310 e. The predicted molar refractivity (Wildman–Crippen MR) is 105 cm³/mol. The normalized spacial score (nSPS) is 32.7. The lowest BCUT2D eigenvalue weighted by atomic mass is 9.59. The molecule has 0 radical (unpaired) electrons. The standard InChI is InChI=1S/C23H31NO3/c1-15-5-4-10-23(2)12-21-18(11-20(15)23)19(22(25)27-21)14-24-13-16-6-8-17(26-3)9-7-16/h6-9,18-19,21,24H,4-5,10-14H2,1-3H3. The van der Waals surface area contributed by atoms with E-state index >= 15 is 0 Å². The molecule has 3 aliphatic rings. The first-order chi connectivity index (χ1) is 13.0. The molecule has 2 fully saturated rings. The van der Waals surface area contributed by atoms with Crippen molar-refractivity contribution in [3.63, 3.8) is 0 Å². The zero-order chi connectivity index (χ0) is 19.0. The van der Waals surface area contributed by atoms with E-state index in [-0.39, 0.29) is 23.4 Å². The third-order valence-corrected chi connectivity index (χ3v) is 7.03. The van der Waals surface area contributed by atoms with Crippen molar-refractivity contribution in [2.24, 2.45) is 17.3 Å². The molecule has 4 atom stereocenters. The second-order valence-corrected chi connectivity index (χ2v) is 8.81. The van der Waals surface area contributed by atoms with Gasteiger partial charge in [-0.3, -0.25) is 4.79 Å². The molecular formula is C23H31NO3. The van der Waals surface area contributed by atoms with E-state index in [1.165, 1.54) is 24.8 Å². The van der Waals surface area contributed by atoms with Gasteiger partial charge in [-0.2, -0.15) is 0 Å². The number of nitrogens with one attached hydrogen (secondary N) is 1. The number of fused-ring (bicyclic) bond motifs is 2. The average molecular weight is 370 g/mol. The maximum atomic E-state index is 12.6. The van der Waals surface area contributed by atoms with Crippen LogP contribution < -0.4 is 10.1 Å². The molecular weight excluding hydrogens is 338 g/mol. The lowest BCUT2D eigenvalue weighted by Gasteiger charge is -2.45. The number of hydrogen-bond acceptors (Lipinski definition) is 4. The van der Waals surface area contributed by atoms with Crippen molar-refractivity contribution in [1.29, 1.82) is 0 Å². The van der Waals surface area contributed by atoms with E-state index in [0.717, 1.165) is 25.1 Å². The fourth-order valence-electron chi connectivity index (χ4n) is 5.46. The third-order valence-electron chi connectivity index (χ3n) is 7.03. The molecule has 1 aliphatic heterocycles. The Labute approximate surface area is 162 Å². The van der Waals surface area contributed by atoms with Crippen LogP contribution in [-0.4, -0.2) is 25.7 Å². The minimum atomic E-state index is -0.0278. The lowest BCUT2D eigenvalue weighted by Crippen LogP contribution is -2.40.